The van der Waals surface area contributed by atoms with Gasteiger partial charge in [0.1, 0.15) is 0 Å². The van der Waals surface area contributed by atoms with Crippen molar-refractivity contribution >= 4 is 17.7 Å². The van der Waals surface area contributed by atoms with E-state index in [1.165, 1.54) is 10.8 Å². The number of nitrogens with one attached hydrogen (secondary N) is 1. The molecule has 7 heteroatoms. The van der Waals surface area contributed by atoms with Gasteiger partial charge in [0.2, 0.25) is 5.91 Å². The monoisotopic (exact) mass is 339 g/mol. The number of amides is 1. The number of aryl methyl sites for hydroxylation is 1. The van der Waals surface area contributed by atoms with Crippen molar-refractivity contribution in [1.29, 1.82) is 0 Å². The Morgan fingerprint density at radius 3 is 3.08 bits per heavy atom. The first kappa shape index (κ1) is 16.9. The molecule has 0 aliphatic carbocycles. The van der Waals surface area contributed by atoms with E-state index in [0.717, 1.165) is 30.8 Å². The van der Waals surface area contributed by atoms with Gasteiger partial charge in [-0.3, -0.25) is 14.6 Å². The molecule has 2 aromatic heterocycles. The van der Waals surface area contributed by atoms with Crippen LogP contribution in [0.2, 0.25) is 0 Å². The molecule has 1 aliphatic rings. The largest absolute Gasteiger partial charge is 0.370 e. The number of carbonyl (C=O) groups is 1. The molecule has 0 spiro atoms. The maximum atomic E-state index is 11.9. The molecule has 0 bridgehead atoms. The fraction of sp³-hybridized carbons (Fsp3) is 0.333. The highest BCUT2D eigenvalue weighted by Gasteiger charge is 2.23. The summed E-state index contributed by atoms with van der Waals surface area (Å²) in [5.41, 5.74) is 1.62. The van der Waals surface area contributed by atoms with Crippen molar-refractivity contribution in [3.63, 3.8) is 0 Å². The number of hydrogen-bond acceptors (Lipinski definition) is 5. The lowest BCUT2D eigenvalue weighted by Gasteiger charge is -2.18. The number of rotatable bonds is 5. The Hall–Kier alpha value is -2.96. The van der Waals surface area contributed by atoms with Gasteiger partial charge >= 0.3 is 0 Å². The minimum Gasteiger partial charge on any atom is -0.370 e. The van der Waals surface area contributed by atoms with E-state index in [1.807, 2.05) is 12.1 Å². The summed E-state index contributed by atoms with van der Waals surface area (Å²) in [6, 6.07) is 5.32. The fourth-order valence-corrected chi connectivity index (χ4v) is 2.82. The molecule has 1 N–H and O–H groups in total. The van der Waals surface area contributed by atoms with Crippen LogP contribution in [0.1, 0.15) is 12.0 Å². The van der Waals surface area contributed by atoms with Gasteiger partial charge in [-0.15, -0.1) is 0 Å². The molecular weight excluding hydrogens is 318 g/mol. The molecule has 3 rings (SSSR count). The molecule has 0 saturated carbocycles. The number of nitrogens with zero attached hydrogens (tertiary/aromatic N) is 4. The van der Waals surface area contributed by atoms with E-state index < -0.39 is 0 Å². The number of anilines is 1. The van der Waals surface area contributed by atoms with E-state index in [1.54, 1.807) is 37.8 Å². The van der Waals surface area contributed by atoms with Gasteiger partial charge in [0.05, 0.1) is 11.9 Å². The van der Waals surface area contributed by atoms with Crippen molar-refractivity contribution < 1.29 is 4.79 Å². The molecule has 1 unspecified atom stereocenters. The SMILES string of the molecule is Cn1ncc(N2CCC(CNC(=O)C=Cc3cccnc3)C2)cc1=O. The normalized spacial score (nSPS) is 17.2. The Morgan fingerprint density at radius 1 is 1.44 bits per heavy atom. The Bertz CT molecular complexity index is 816. The van der Waals surface area contributed by atoms with Crippen LogP contribution < -0.4 is 15.8 Å². The zero-order valence-corrected chi connectivity index (χ0v) is 14.1. The van der Waals surface area contributed by atoms with Crippen LogP contribution in [-0.2, 0) is 11.8 Å². The van der Waals surface area contributed by atoms with Crippen LogP contribution in [0, 0.1) is 5.92 Å². The van der Waals surface area contributed by atoms with E-state index in [-0.39, 0.29) is 11.5 Å². The summed E-state index contributed by atoms with van der Waals surface area (Å²) in [4.78, 5) is 29.7. The standard InChI is InChI=1S/C18H21N5O2/c1-22-18(25)9-16(12-21-22)23-8-6-15(13-23)11-20-17(24)5-4-14-3-2-7-19-10-14/h2-5,7,9-10,12,15H,6,8,11,13H2,1H3,(H,20,24). The van der Waals surface area contributed by atoms with E-state index >= 15 is 0 Å². The summed E-state index contributed by atoms with van der Waals surface area (Å²) in [6.45, 7) is 2.29. The molecule has 1 amide bonds. The maximum Gasteiger partial charge on any atom is 0.268 e. The summed E-state index contributed by atoms with van der Waals surface area (Å²) >= 11 is 0. The van der Waals surface area contributed by atoms with Crippen LogP contribution in [0.3, 0.4) is 0 Å². The molecule has 25 heavy (non-hydrogen) atoms. The van der Waals surface area contributed by atoms with Gasteiger partial charge in [-0.25, -0.2) is 4.68 Å². The molecule has 1 aliphatic heterocycles. The van der Waals surface area contributed by atoms with E-state index in [0.29, 0.717) is 12.5 Å². The van der Waals surface area contributed by atoms with Gasteiger partial charge < -0.3 is 10.2 Å². The van der Waals surface area contributed by atoms with Gasteiger partial charge in [0.25, 0.3) is 5.56 Å². The highest BCUT2D eigenvalue weighted by atomic mass is 16.1. The number of aromatic nitrogens is 3. The van der Waals surface area contributed by atoms with Gasteiger partial charge in [-0.2, -0.15) is 5.10 Å². The minimum absolute atomic E-state index is 0.113. The van der Waals surface area contributed by atoms with Gasteiger partial charge in [0, 0.05) is 51.2 Å². The maximum absolute atomic E-state index is 11.9. The van der Waals surface area contributed by atoms with Crippen LogP contribution in [-0.4, -0.2) is 40.3 Å². The van der Waals surface area contributed by atoms with Crippen molar-refractivity contribution in [1.82, 2.24) is 20.1 Å². The smallest absolute Gasteiger partial charge is 0.268 e. The summed E-state index contributed by atoms with van der Waals surface area (Å²) in [5, 5.41) is 6.99. The molecule has 0 radical (unpaired) electrons. The van der Waals surface area contributed by atoms with E-state index in [9.17, 15) is 9.59 Å². The van der Waals surface area contributed by atoms with E-state index in [2.05, 4.69) is 20.3 Å². The number of hydrogen-bond donors (Lipinski definition) is 1. The Morgan fingerprint density at radius 2 is 2.32 bits per heavy atom. The third-order valence-electron chi connectivity index (χ3n) is 4.28. The second kappa shape index (κ2) is 7.74. The topological polar surface area (TPSA) is 80.1 Å². The van der Waals surface area contributed by atoms with Crippen LogP contribution >= 0.6 is 0 Å². The molecule has 2 aromatic rings. The van der Waals surface area contributed by atoms with Crippen molar-refractivity contribution in [2.45, 2.75) is 6.42 Å². The second-order valence-electron chi connectivity index (χ2n) is 6.14. The Kier molecular flexibility index (Phi) is 5.23. The first-order valence-corrected chi connectivity index (χ1v) is 8.26. The van der Waals surface area contributed by atoms with Crippen LogP contribution in [0.4, 0.5) is 5.69 Å². The quantitative estimate of drug-likeness (QED) is 0.816. The highest BCUT2D eigenvalue weighted by molar-refractivity contribution is 5.91. The zero-order chi connectivity index (χ0) is 17.6. The van der Waals surface area contributed by atoms with Crippen molar-refractivity contribution in [3.05, 3.63) is 58.8 Å². The predicted octanol–water partition coefficient (Wildman–Crippen LogP) is 0.831. The van der Waals surface area contributed by atoms with Gasteiger partial charge in [-0.05, 0) is 30.0 Å². The average molecular weight is 339 g/mol. The summed E-state index contributed by atoms with van der Waals surface area (Å²) < 4.78 is 1.31. The number of carbonyl (C=O) groups excluding carboxylic acids is 1. The molecule has 130 valence electrons. The molecule has 3 heterocycles. The van der Waals surface area contributed by atoms with Gasteiger partial charge in [-0.1, -0.05) is 6.07 Å². The molecule has 1 fully saturated rings. The lowest BCUT2D eigenvalue weighted by Crippen LogP contribution is -2.30. The average Bonchev–Trinajstić information content (AvgIpc) is 3.10. The first-order valence-electron chi connectivity index (χ1n) is 8.26. The molecule has 0 aromatic carbocycles. The second-order valence-corrected chi connectivity index (χ2v) is 6.14. The summed E-state index contributed by atoms with van der Waals surface area (Å²) in [7, 11) is 1.63. The Labute approximate surface area is 146 Å². The first-order chi connectivity index (χ1) is 12.1. The third kappa shape index (κ3) is 4.53. The molecule has 1 atom stereocenters. The Balaban J connectivity index is 1.48. The molecular formula is C18H21N5O2. The highest BCUT2D eigenvalue weighted by Crippen LogP contribution is 2.21. The lowest BCUT2D eigenvalue weighted by molar-refractivity contribution is -0.116. The lowest BCUT2D eigenvalue weighted by atomic mass is 10.1. The van der Waals surface area contributed by atoms with Crippen molar-refractivity contribution in [2.24, 2.45) is 13.0 Å². The zero-order valence-electron chi connectivity index (χ0n) is 14.1. The molecule has 1 saturated heterocycles. The molecule has 7 nitrogen and oxygen atoms in total. The fourth-order valence-electron chi connectivity index (χ4n) is 2.82. The van der Waals surface area contributed by atoms with Gasteiger partial charge in [0.15, 0.2) is 0 Å². The predicted molar refractivity (Wildman–Crippen MR) is 96.1 cm³/mol. The van der Waals surface area contributed by atoms with Crippen molar-refractivity contribution in [3.8, 4) is 0 Å². The van der Waals surface area contributed by atoms with E-state index in [4.69, 9.17) is 0 Å². The van der Waals surface area contributed by atoms with Crippen LogP contribution in [0.15, 0.2) is 47.7 Å². The third-order valence-corrected chi connectivity index (χ3v) is 4.28. The summed E-state index contributed by atoms with van der Waals surface area (Å²) in [5.74, 6) is 0.248. The van der Waals surface area contributed by atoms with Crippen molar-refractivity contribution in [2.75, 3.05) is 24.5 Å². The summed E-state index contributed by atoms with van der Waals surface area (Å²) in [6.07, 6.45) is 9.35. The minimum atomic E-state index is -0.116. The van der Waals surface area contributed by atoms with Crippen LogP contribution in [0.5, 0.6) is 0 Å². The van der Waals surface area contributed by atoms with Crippen LogP contribution in [0.25, 0.3) is 6.08 Å². The number of pyridine rings is 1.